The van der Waals surface area contributed by atoms with Gasteiger partial charge in [-0.15, -0.1) is 0 Å². The van der Waals surface area contributed by atoms with Crippen LogP contribution in [0.15, 0.2) is 6.07 Å². The molecule has 1 aliphatic carbocycles. The van der Waals surface area contributed by atoms with E-state index in [1.165, 1.54) is 24.2 Å². The molecule has 5 nitrogen and oxygen atoms in total. The maximum absolute atomic E-state index is 10.7. The lowest BCUT2D eigenvalue weighted by atomic mass is 10.3. The van der Waals surface area contributed by atoms with Crippen molar-refractivity contribution >= 4 is 27.7 Å². The summed E-state index contributed by atoms with van der Waals surface area (Å²) in [5.41, 5.74) is 0.770. The van der Waals surface area contributed by atoms with E-state index in [4.69, 9.17) is 9.84 Å². The van der Waals surface area contributed by atoms with E-state index in [2.05, 4.69) is 9.97 Å². The van der Waals surface area contributed by atoms with Crippen LogP contribution in [0.2, 0.25) is 0 Å². The zero-order chi connectivity index (χ0) is 11.8. The van der Waals surface area contributed by atoms with Crippen molar-refractivity contribution in [1.29, 1.82) is 0 Å². The molecule has 0 spiro atoms. The Bertz CT molecular complexity index is 523. The Labute approximate surface area is 101 Å². The number of H-pyrrole nitrogens is 1. The molecule has 0 atom stereocenters. The molecule has 0 saturated heterocycles. The first-order valence-electron chi connectivity index (χ1n) is 5.62. The largest absolute Gasteiger partial charge is 0.477 e. The van der Waals surface area contributed by atoms with E-state index in [1.807, 2.05) is 0 Å². The molecule has 2 heterocycles. The quantitative estimate of drug-likeness (QED) is 0.880. The molecule has 2 aromatic rings. The van der Waals surface area contributed by atoms with Crippen LogP contribution < -0.4 is 4.74 Å². The summed E-state index contributed by atoms with van der Waals surface area (Å²) >= 11 is 1.39. The third-order valence-corrected chi connectivity index (χ3v) is 3.86. The van der Waals surface area contributed by atoms with Crippen LogP contribution in [-0.2, 0) is 0 Å². The predicted octanol–water partition coefficient (Wildman–Crippen LogP) is 2.64. The lowest BCUT2D eigenvalue weighted by Gasteiger charge is -2.08. The molecule has 0 bridgehead atoms. The fraction of sp³-hybridized carbons (Fsp3) is 0.455. The van der Waals surface area contributed by atoms with Gasteiger partial charge in [0.1, 0.15) is 11.8 Å². The van der Waals surface area contributed by atoms with E-state index >= 15 is 0 Å². The Kier molecular flexibility index (Phi) is 2.51. The number of aromatic amines is 1. The second-order valence-corrected chi connectivity index (χ2v) is 5.20. The highest BCUT2D eigenvalue weighted by molar-refractivity contribution is 7.20. The highest BCUT2D eigenvalue weighted by atomic mass is 32.1. The van der Waals surface area contributed by atoms with Crippen molar-refractivity contribution in [1.82, 2.24) is 9.97 Å². The number of carboxylic acid groups (broad SMARTS) is 1. The van der Waals surface area contributed by atoms with Crippen molar-refractivity contribution in [3.05, 3.63) is 11.8 Å². The smallest absolute Gasteiger partial charge is 0.352 e. The fourth-order valence-corrected chi connectivity index (χ4v) is 2.99. The molecule has 2 N–H and O–H groups in total. The predicted molar refractivity (Wildman–Crippen MR) is 63.8 cm³/mol. The summed E-state index contributed by atoms with van der Waals surface area (Å²) in [6, 6.07) is 1.59. The second-order valence-electron chi connectivity index (χ2n) is 4.21. The molecular formula is C11H12N2O3S. The highest BCUT2D eigenvalue weighted by Crippen LogP contribution is 2.31. The molecule has 17 heavy (non-hydrogen) atoms. The molecule has 6 heteroatoms. The van der Waals surface area contributed by atoms with E-state index in [9.17, 15) is 4.79 Å². The highest BCUT2D eigenvalue weighted by Gasteiger charge is 2.19. The van der Waals surface area contributed by atoms with E-state index in [-0.39, 0.29) is 11.8 Å². The van der Waals surface area contributed by atoms with Gasteiger partial charge in [-0.3, -0.25) is 0 Å². The molecule has 90 valence electrons. The van der Waals surface area contributed by atoms with Crippen LogP contribution in [0.4, 0.5) is 0 Å². The first-order chi connectivity index (χ1) is 8.22. The number of aromatic nitrogens is 2. The SMILES string of the molecule is O=C(O)c1cc2sc(OC3CCCC3)nc2[nH]1. The molecule has 0 unspecified atom stereocenters. The van der Waals surface area contributed by atoms with Crippen molar-refractivity contribution in [2.24, 2.45) is 0 Å². The molecular weight excluding hydrogens is 240 g/mol. The number of rotatable bonds is 3. The number of ether oxygens (including phenoxy) is 1. The van der Waals surface area contributed by atoms with Gasteiger partial charge in [0.05, 0.1) is 4.70 Å². The van der Waals surface area contributed by atoms with Gasteiger partial charge in [-0.05, 0) is 31.7 Å². The Hall–Kier alpha value is -1.56. The van der Waals surface area contributed by atoms with Crippen molar-refractivity contribution in [2.75, 3.05) is 0 Å². The third-order valence-electron chi connectivity index (χ3n) is 2.96. The standard InChI is InChI=1S/C11H12N2O3S/c14-10(15)7-5-8-9(12-7)13-11(17-8)16-6-3-1-2-4-6/h5-6,12H,1-4H2,(H,14,15). The number of carbonyl (C=O) groups is 1. The van der Waals surface area contributed by atoms with Crippen molar-refractivity contribution < 1.29 is 14.6 Å². The molecule has 0 aromatic carbocycles. The molecule has 0 aliphatic heterocycles. The van der Waals surface area contributed by atoms with Crippen LogP contribution in [0, 0.1) is 0 Å². The minimum absolute atomic E-state index is 0.172. The normalized spacial score (nSPS) is 16.7. The third kappa shape index (κ3) is 2.00. The van der Waals surface area contributed by atoms with Crippen LogP contribution in [0.3, 0.4) is 0 Å². The van der Waals surface area contributed by atoms with E-state index in [1.54, 1.807) is 6.07 Å². The summed E-state index contributed by atoms with van der Waals surface area (Å²) < 4.78 is 6.59. The Balaban J connectivity index is 1.82. The molecule has 1 saturated carbocycles. The number of nitrogens with one attached hydrogen (secondary N) is 1. The van der Waals surface area contributed by atoms with Gasteiger partial charge in [0.2, 0.25) is 0 Å². The van der Waals surface area contributed by atoms with Gasteiger partial charge in [-0.1, -0.05) is 11.3 Å². The molecule has 0 amide bonds. The first kappa shape index (κ1) is 10.6. The molecule has 1 aliphatic rings. The van der Waals surface area contributed by atoms with Gasteiger partial charge in [-0.25, -0.2) is 4.79 Å². The lowest BCUT2D eigenvalue weighted by Crippen LogP contribution is -2.10. The first-order valence-corrected chi connectivity index (χ1v) is 6.43. The van der Waals surface area contributed by atoms with Crippen LogP contribution in [0.25, 0.3) is 10.3 Å². The fourth-order valence-electron chi connectivity index (χ4n) is 2.11. The summed E-state index contributed by atoms with van der Waals surface area (Å²) in [5, 5.41) is 9.45. The van der Waals surface area contributed by atoms with Crippen molar-refractivity contribution in [3.63, 3.8) is 0 Å². The van der Waals surface area contributed by atoms with Crippen LogP contribution in [0.1, 0.15) is 36.2 Å². The van der Waals surface area contributed by atoms with Crippen LogP contribution in [-0.4, -0.2) is 27.1 Å². The van der Waals surface area contributed by atoms with E-state index in [0.717, 1.165) is 17.5 Å². The number of thiazole rings is 1. The molecule has 0 radical (unpaired) electrons. The van der Waals surface area contributed by atoms with E-state index in [0.29, 0.717) is 10.8 Å². The maximum Gasteiger partial charge on any atom is 0.352 e. The van der Waals surface area contributed by atoms with Crippen LogP contribution in [0.5, 0.6) is 5.19 Å². The topological polar surface area (TPSA) is 75.2 Å². The van der Waals surface area contributed by atoms with Gasteiger partial charge >= 0.3 is 5.97 Å². The van der Waals surface area contributed by atoms with Gasteiger partial charge in [-0.2, -0.15) is 4.98 Å². The van der Waals surface area contributed by atoms with Crippen molar-refractivity contribution in [3.8, 4) is 5.19 Å². The number of hydrogen-bond donors (Lipinski definition) is 2. The number of carboxylic acids is 1. The number of nitrogens with zero attached hydrogens (tertiary/aromatic N) is 1. The summed E-state index contributed by atoms with van der Waals surface area (Å²) in [6.07, 6.45) is 4.90. The van der Waals surface area contributed by atoms with Gasteiger partial charge in [0.25, 0.3) is 5.19 Å². The number of aromatic carboxylic acids is 1. The Morgan fingerprint density at radius 3 is 2.94 bits per heavy atom. The number of hydrogen-bond acceptors (Lipinski definition) is 4. The Morgan fingerprint density at radius 2 is 2.29 bits per heavy atom. The second kappa shape index (κ2) is 4.03. The average Bonchev–Trinajstić information content (AvgIpc) is 2.91. The summed E-state index contributed by atoms with van der Waals surface area (Å²) in [6.45, 7) is 0. The van der Waals surface area contributed by atoms with E-state index < -0.39 is 5.97 Å². The lowest BCUT2D eigenvalue weighted by molar-refractivity contribution is 0.0691. The maximum atomic E-state index is 10.7. The summed E-state index contributed by atoms with van der Waals surface area (Å²) in [7, 11) is 0. The van der Waals surface area contributed by atoms with Gasteiger partial charge in [0, 0.05) is 0 Å². The van der Waals surface area contributed by atoms with Crippen molar-refractivity contribution in [2.45, 2.75) is 31.8 Å². The molecule has 3 rings (SSSR count). The van der Waals surface area contributed by atoms with Crippen LogP contribution >= 0.6 is 11.3 Å². The minimum Gasteiger partial charge on any atom is -0.477 e. The monoisotopic (exact) mass is 252 g/mol. The Morgan fingerprint density at radius 1 is 1.53 bits per heavy atom. The summed E-state index contributed by atoms with van der Waals surface area (Å²) in [4.78, 5) is 17.8. The molecule has 1 fully saturated rings. The minimum atomic E-state index is -0.964. The zero-order valence-electron chi connectivity index (χ0n) is 9.10. The number of fused-ring (bicyclic) bond motifs is 1. The zero-order valence-corrected chi connectivity index (χ0v) is 9.92. The van der Waals surface area contributed by atoms with Gasteiger partial charge < -0.3 is 14.8 Å². The summed E-state index contributed by atoms with van der Waals surface area (Å²) in [5.74, 6) is -0.964. The molecule has 2 aromatic heterocycles. The van der Waals surface area contributed by atoms with Gasteiger partial charge in [0.15, 0.2) is 5.65 Å². The average molecular weight is 252 g/mol.